The van der Waals surface area contributed by atoms with Crippen molar-refractivity contribution in [3.63, 3.8) is 0 Å². The van der Waals surface area contributed by atoms with Crippen molar-refractivity contribution in [2.75, 3.05) is 39.5 Å². The van der Waals surface area contributed by atoms with Crippen LogP contribution in [0.5, 0.6) is 11.5 Å². The van der Waals surface area contributed by atoms with Gasteiger partial charge in [-0.3, -0.25) is 19.2 Å². The molecule has 10 nitrogen and oxygen atoms in total. The van der Waals surface area contributed by atoms with Gasteiger partial charge in [0.1, 0.15) is 0 Å². The number of unbranched alkanes of at least 4 members (excludes halogenated alkanes) is 1. The number of fused-ring (bicyclic) bond motifs is 1. The van der Waals surface area contributed by atoms with Crippen LogP contribution < -0.4 is 15.2 Å². The molecular weight excluding hydrogens is 450 g/mol. The van der Waals surface area contributed by atoms with Gasteiger partial charge in [0.25, 0.3) is 0 Å². The van der Waals surface area contributed by atoms with Crippen LogP contribution in [0, 0.1) is 5.92 Å². The maximum atomic E-state index is 13.3. The fourth-order valence-corrected chi connectivity index (χ4v) is 5.17. The zero-order valence-electron chi connectivity index (χ0n) is 20.2. The van der Waals surface area contributed by atoms with Crippen molar-refractivity contribution in [2.45, 2.75) is 44.7 Å². The van der Waals surface area contributed by atoms with Crippen molar-refractivity contribution in [3.8, 4) is 11.5 Å². The molecule has 0 spiro atoms. The zero-order chi connectivity index (χ0) is 24.8. The number of rotatable bonds is 12. The number of carboxylic acid groups (broad SMARTS) is 1. The Balaban J connectivity index is 1.58. The van der Waals surface area contributed by atoms with Crippen molar-refractivity contribution < 1.29 is 24.2 Å². The normalized spacial score (nSPS) is 21.4. The maximum absolute atomic E-state index is 13.3. The van der Waals surface area contributed by atoms with E-state index < -0.39 is 11.9 Å². The van der Waals surface area contributed by atoms with E-state index in [1.165, 1.54) is 0 Å². The molecule has 1 amide bonds. The molecule has 1 fully saturated rings. The standard InChI is InChI=1S/C25H35N5O5/c1-2-3-10-28(13-8-26)23(31)16-29-15-19(18-5-6-21-22(14-18)35-17-34-21)24(25(32)33)20(29)7-12-30-11-4-9-27-30/h4-6,9,11,14,19-20,24H,2-3,7-8,10,12-13,15-17,26H2,1H3,(H,32,33)/t19-,20+,24-/m1/s1. The van der Waals surface area contributed by atoms with E-state index in [4.69, 9.17) is 15.2 Å². The number of carbonyl (C=O) groups is 2. The molecule has 2 aromatic rings. The van der Waals surface area contributed by atoms with Gasteiger partial charge in [-0.15, -0.1) is 0 Å². The fraction of sp³-hybridized carbons (Fsp3) is 0.560. The average molecular weight is 486 g/mol. The summed E-state index contributed by atoms with van der Waals surface area (Å²) in [7, 11) is 0. The summed E-state index contributed by atoms with van der Waals surface area (Å²) in [5, 5.41) is 14.6. The lowest BCUT2D eigenvalue weighted by molar-refractivity contribution is -0.144. The number of aliphatic carboxylic acids is 1. The Hall–Kier alpha value is -3.11. The van der Waals surface area contributed by atoms with Gasteiger partial charge in [0.2, 0.25) is 12.7 Å². The monoisotopic (exact) mass is 485 g/mol. The third kappa shape index (κ3) is 5.76. The summed E-state index contributed by atoms with van der Waals surface area (Å²) in [5.41, 5.74) is 6.64. The first-order valence-electron chi connectivity index (χ1n) is 12.3. The molecule has 1 aromatic carbocycles. The van der Waals surface area contributed by atoms with Crippen molar-refractivity contribution in [2.24, 2.45) is 11.7 Å². The highest BCUT2D eigenvalue weighted by molar-refractivity contribution is 5.79. The summed E-state index contributed by atoms with van der Waals surface area (Å²) in [6, 6.07) is 7.14. The van der Waals surface area contributed by atoms with E-state index in [9.17, 15) is 14.7 Å². The molecule has 0 unspecified atom stereocenters. The molecule has 0 saturated carbocycles. The van der Waals surface area contributed by atoms with Crippen molar-refractivity contribution in [1.82, 2.24) is 19.6 Å². The van der Waals surface area contributed by atoms with Gasteiger partial charge in [-0.05, 0) is 36.6 Å². The van der Waals surface area contributed by atoms with Crippen LogP contribution in [0.25, 0.3) is 0 Å². The minimum atomic E-state index is -0.863. The Morgan fingerprint density at radius 1 is 1.26 bits per heavy atom. The Morgan fingerprint density at radius 3 is 2.80 bits per heavy atom. The van der Waals surface area contributed by atoms with Gasteiger partial charge in [0.15, 0.2) is 11.5 Å². The van der Waals surface area contributed by atoms with Gasteiger partial charge in [0, 0.05) is 57.1 Å². The molecule has 10 heteroatoms. The van der Waals surface area contributed by atoms with Crippen molar-refractivity contribution in [1.29, 1.82) is 0 Å². The number of ether oxygens (including phenoxy) is 2. The van der Waals surface area contributed by atoms with Gasteiger partial charge in [0.05, 0.1) is 12.5 Å². The quantitative estimate of drug-likeness (QED) is 0.466. The fourth-order valence-electron chi connectivity index (χ4n) is 5.17. The third-order valence-corrected chi connectivity index (χ3v) is 6.94. The molecule has 3 atom stereocenters. The molecule has 2 aliphatic rings. The predicted molar refractivity (Wildman–Crippen MR) is 129 cm³/mol. The lowest BCUT2D eigenvalue weighted by atomic mass is 9.84. The highest BCUT2D eigenvalue weighted by atomic mass is 16.7. The van der Waals surface area contributed by atoms with Crippen molar-refractivity contribution >= 4 is 11.9 Å². The van der Waals surface area contributed by atoms with Crippen LogP contribution in [0.3, 0.4) is 0 Å². The lowest BCUT2D eigenvalue weighted by Crippen LogP contribution is -2.46. The summed E-state index contributed by atoms with van der Waals surface area (Å²) in [5.74, 6) is -0.535. The van der Waals surface area contributed by atoms with E-state index in [1.807, 2.05) is 35.4 Å². The van der Waals surface area contributed by atoms with Crippen LogP contribution in [0.15, 0.2) is 36.7 Å². The van der Waals surface area contributed by atoms with E-state index >= 15 is 0 Å². The third-order valence-electron chi connectivity index (χ3n) is 6.94. The number of hydrogen-bond donors (Lipinski definition) is 2. The second-order valence-corrected chi connectivity index (χ2v) is 9.16. The molecule has 3 heterocycles. The second-order valence-electron chi connectivity index (χ2n) is 9.16. The molecule has 1 saturated heterocycles. The number of likely N-dealkylation sites (tertiary alicyclic amines) is 1. The summed E-state index contributed by atoms with van der Waals surface area (Å²) < 4.78 is 12.8. The molecule has 3 N–H and O–H groups in total. The summed E-state index contributed by atoms with van der Waals surface area (Å²) >= 11 is 0. The topological polar surface area (TPSA) is 123 Å². The molecule has 190 valence electrons. The molecule has 0 bridgehead atoms. The Bertz CT molecular complexity index is 998. The molecular formula is C25H35N5O5. The Kier molecular flexibility index (Phi) is 8.25. The second kappa shape index (κ2) is 11.5. The number of carboxylic acids is 1. The number of nitrogens with two attached hydrogens (primary N) is 1. The largest absolute Gasteiger partial charge is 0.481 e. The van der Waals surface area contributed by atoms with E-state index in [0.29, 0.717) is 50.6 Å². The zero-order valence-corrected chi connectivity index (χ0v) is 20.2. The first-order valence-corrected chi connectivity index (χ1v) is 12.3. The van der Waals surface area contributed by atoms with Crippen molar-refractivity contribution in [3.05, 3.63) is 42.2 Å². The summed E-state index contributed by atoms with van der Waals surface area (Å²) in [4.78, 5) is 29.7. The predicted octanol–water partition coefficient (Wildman–Crippen LogP) is 1.76. The van der Waals surface area contributed by atoms with Crippen LogP contribution in [0.1, 0.15) is 37.7 Å². The van der Waals surface area contributed by atoms with Gasteiger partial charge >= 0.3 is 5.97 Å². The van der Waals surface area contributed by atoms with Crippen LogP contribution in [-0.4, -0.2) is 82.1 Å². The van der Waals surface area contributed by atoms with Gasteiger partial charge in [-0.1, -0.05) is 19.4 Å². The highest BCUT2D eigenvalue weighted by Crippen LogP contribution is 2.42. The number of amides is 1. The Labute approximate surface area is 205 Å². The van der Waals surface area contributed by atoms with Crippen LogP contribution in [0.4, 0.5) is 0 Å². The van der Waals surface area contributed by atoms with Crippen LogP contribution in [-0.2, 0) is 16.1 Å². The molecule has 1 aromatic heterocycles. The van der Waals surface area contributed by atoms with Crippen LogP contribution in [0.2, 0.25) is 0 Å². The minimum Gasteiger partial charge on any atom is -0.481 e. The highest BCUT2D eigenvalue weighted by Gasteiger charge is 2.47. The van der Waals surface area contributed by atoms with E-state index in [0.717, 1.165) is 18.4 Å². The number of aryl methyl sites for hydroxylation is 1. The minimum absolute atomic E-state index is 0.0107. The molecule has 0 aliphatic carbocycles. The first-order chi connectivity index (χ1) is 17.0. The molecule has 35 heavy (non-hydrogen) atoms. The maximum Gasteiger partial charge on any atom is 0.308 e. The van der Waals surface area contributed by atoms with Gasteiger partial charge in [-0.25, -0.2) is 0 Å². The SMILES string of the molecule is CCCCN(CCN)C(=O)CN1C[C@H](c2ccc3c(c2)OCO3)[C@@H](C(=O)O)[C@@H]1CCn1cccn1. The summed E-state index contributed by atoms with van der Waals surface area (Å²) in [6.45, 7) is 5.01. The number of hydrogen-bond acceptors (Lipinski definition) is 7. The average Bonchev–Trinajstić information content (AvgIpc) is 3.59. The van der Waals surface area contributed by atoms with E-state index in [-0.39, 0.29) is 31.2 Å². The number of carbonyl (C=O) groups excluding carboxylic acids is 1. The summed E-state index contributed by atoms with van der Waals surface area (Å²) in [6.07, 6.45) is 6.03. The Morgan fingerprint density at radius 2 is 2.09 bits per heavy atom. The number of aromatic nitrogens is 2. The van der Waals surface area contributed by atoms with Crippen LogP contribution >= 0.6 is 0 Å². The number of nitrogens with zero attached hydrogens (tertiary/aromatic N) is 4. The van der Waals surface area contributed by atoms with E-state index in [1.54, 1.807) is 15.8 Å². The molecule has 2 aliphatic heterocycles. The first kappa shape index (κ1) is 25.0. The molecule has 0 radical (unpaired) electrons. The smallest absolute Gasteiger partial charge is 0.308 e. The number of benzene rings is 1. The van der Waals surface area contributed by atoms with Gasteiger partial charge < -0.3 is 25.2 Å². The molecule has 4 rings (SSSR count). The van der Waals surface area contributed by atoms with Gasteiger partial charge in [-0.2, -0.15) is 5.10 Å². The lowest BCUT2D eigenvalue weighted by Gasteiger charge is -2.29. The van der Waals surface area contributed by atoms with E-state index in [2.05, 4.69) is 12.0 Å².